The molecule has 176 valence electrons. The van der Waals surface area contributed by atoms with Crippen LogP contribution in [0.1, 0.15) is 22.7 Å². The third-order valence-electron chi connectivity index (χ3n) is 6.04. The number of carbonyl (C=O) groups is 2. The fourth-order valence-corrected chi connectivity index (χ4v) is 5.42. The lowest BCUT2D eigenvalue weighted by molar-refractivity contribution is -0.132. The zero-order valence-electron chi connectivity index (χ0n) is 19.3. The SMILES string of the molecule is Cc1ccc(C(O)=C2C(=O)C(=O)N(c3nc4ccc(Cl)cc4s3)C2c2ccc(N(C)C)cc2)cc1. The minimum Gasteiger partial charge on any atom is -0.507 e. The molecule has 1 aromatic heterocycles. The Kier molecular flexibility index (Phi) is 5.83. The van der Waals surface area contributed by atoms with Gasteiger partial charge in [0.2, 0.25) is 0 Å². The zero-order chi connectivity index (χ0) is 24.9. The molecule has 8 heteroatoms. The summed E-state index contributed by atoms with van der Waals surface area (Å²) in [6, 6.07) is 19.2. The fourth-order valence-electron chi connectivity index (χ4n) is 4.16. The largest absolute Gasteiger partial charge is 0.507 e. The molecule has 5 rings (SSSR count). The molecule has 6 nitrogen and oxygen atoms in total. The van der Waals surface area contributed by atoms with Crippen molar-refractivity contribution in [3.05, 3.63) is 94.0 Å². The molecular weight excluding hydrogens is 482 g/mol. The number of benzene rings is 3. The quantitative estimate of drug-likeness (QED) is 0.211. The van der Waals surface area contributed by atoms with Crippen molar-refractivity contribution in [2.24, 2.45) is 0 Å². The van der Waals surface area contributed by atoms with Crippen LogP contribution >= 0.6 is 22.9 Å². The van der Waals surface area contributed by atoms with Gasteiger partial charge in [0, 0.05) is 30.4 Å². The molecule has 1 aliphatic heterocycles. The Morgan fingerprint density at radius 3 is 2.37 bits per heavy atom. The maximum absolute atomic E-state index is 13.4. The van der Waals surface area contributed by atoms with Gasteiger partial charge in [0.05, 0.1) is 21.8 Å². The molecule has 1 atom stereocenters. The number of Topliss-reactive ketones (excluding diaryl/α,β-unsaturated/α-hetero) is 1. The summed E-state index contributed by atoms with van der Waals surface area (Å²) in [7, 11) is 3.87. The summed E-state index contributed by atoms with van der Waals surface area (Å²) in [5.74, 6) is -1.69. The predicted octanol–water partition coefficient (Wildman–Crippen LogP) is 5.95. The molecule has 1 unspecified atom stereocenters. The van der Waals surface area contributed by atoms with Gasteiger partial charge in [-0.25, -0.2) is 4.98 Å². The average molecular weight is 504 g/mol. The number of aryl methyl sites for hydroxylation is 1. The van der Waals surface area contributed by atoms with Gasteiger partial charge in [-0.15, -0.1) is 0 Å². The van der Waals surface area contributed by atoms with E-state index in [9.17, 15) is 14.7 Å². The summed E-state index contributed by atoms with van der Waals surface area (Å²) in [5, 5.41) is 12.2. The van der Waals surface area contributed by atoms with Gasteiger partial charge in [-0.3, -0.25) is 14.5 Å². The van der Waals surface area contributed by atoms with Crippen LogP contribution in [0.4, 0.5) is 10.8 Å². The number of nitrogens with zero attached hydrogens (tertiary/aromatic N) is 3. The number of fused-ring (bicyclic) bond motifs is 1. The van der Waals surface area contributed by atoms with E-state index >= 15 is 0 Å². The van der Waals surface area contributed by atoms with E-state index in [1.165, 1.54) is 16.2 Å². The third-order valence-corrected chi connectivity index (χ3v) is 7.29. The van der Waals surface area contributed by atoms with Crippen molar-refractivity contribution < 1.29 is 14.7 Å². The first-order valence-electron chi connectivity index (χ1n) is 11.0. The van der Waals surface area contributed by atoms with Crippen LogP contribution in [0, 0.1) is 6.92 Å². The Bertz CT molecular complexity index is 1490. The number of anilines is 2. The van der Waals surface area contributed by atoms with Crippen molar-refractivity contribution in [2.75, 3.05) is 23.9 Å². The van der Waals surface area contributed by atoms with Crippen LogP contribution in [-0.4, -0.2) is 35.9 Å². The molecule has 2 heterocycles. The second-order valence-electron chi connectivity index (χ2n) is 8.63. The van der Waals surface area contributed by atoms with Crippen molar-refractivity contribution in [3.8, 4) is 0 Å². The molecule has 0 aliphatic carbocycles. The maximum Gasteiger partial charge on any atom is 0.301 e. The van der Waals surface area contributed by atoms with Crippen LogP contribution in [0.2, 0.25) is 5.02 Å². The Morgan fingerprint density at radius 1 is 1.03 bits per heavy atom. The van der Waals surface area contributed by atoms with Gasteiger partial charge in [0.25, 0.3) is 5.78 Å². The minimum atomic E-state index is -0.830. The van der Waals surface area contributed by atoms with Crippen molar-refractivity contribution in [2.45, 2.75) is 13.0 Å². The Balaban J connectivity index is 1.71. The second kappa shape index (κ2) is 8.83. The van der Waals surface area contributed by atoms with E-state index in [4.69, 9.17) is 11.6 Å². The lowest BCUT2D eigenvalue weighted by Gasteiger charge is -2.23. The number of amides is 1. The molecule has 0 saturated carbocycles. The molecule has 1 saturated heterocycles. The molecule has 0 spiro atoms. The molecule has 1 aliphatic rings. The highest BCUT2D eigenvalue weighted by Crippen LogP contribution is 2.44. The van der Waals surface area contributed by atoms with E-state index in [0.717, 1.165) is 16.0 Å². The summed E-state index contributed by atoms with van der Waals surface area (Å²) < 4.78 is 0.801. The van der Waals surface area contributed by atoms with Gasteiger partial charge >= 0.3 is 5.91 Å². The molecule has 1 fully saturated rings. The maximum atomic E-state index is 13.4. The number of carbonyl (C=O) groups excluding carboxylic acids is 2. The number of hydrogen-bond acceptors (Lipinski definition) is 6. The van der Waals surface area contributed by atoms with Crippen LogP contribution < -0.4 is 9.80 Å². The van der Waals surface area contributed by atoms with Crippen molar-refractivity contribution >= 4 is 61.4 Å². The zero-order valence-corrected chi connectivity index (χ0v) is 20.9. The Morgan fingerprint density at radius 2 is 1.71 bits per heavy atom. The fraction of sp³-hybridized carbons (Fsp3) is 0.148. The molecule has 35 heavy (non-hydrogen) atoms. The van der Waals surface area contributed by atoms with Gasteiger partial charge in [0.15, 0.2) is 5.13 Å². The molecule has 0 bridgehead atoms. The molecule has 1 amide bonds. The molecule has 4 aromatic rings. The van der Waals surface area contributed by atoms with Crippen molar-refractivity contribution in [1.82, 2.24) is 4.98 Å². The topological polar surface area (TPSA) is 73.7 Å². The summed E-state index contributed by atoms with van der Waals surface area (Å²) in [5.41, 5.74) is 3.87. The Labute approximate surface area is 211 Å². The first-order valence-corrected chi connectivity index (χ1v) is 12.2. The lowest BCUT2D eigenvalue weighted by atomic mass is 9.95. The number of aliphatic hydroxyl groups excluding tert-OH is 1. The summed E-state index contributed by atoms with van der Waals surface area (Å²) in [6.45, 7) is 1.94. The summed E-state index contributed by atoms with van der Waals surface area (Å²) in [4.78, 5) is 34.7. The van der Waals surface area contributed by atoms with E-state index < -0.39 is 17.7 Å². The van der Waals surface area contributed by atoms with Gasteiger partial charge in [-0.2, -0.15) is 0 Å². The first-order chi connectivity index (χ1) is 16.7. The van der Waals surface area contributed by atoms with Crippen LogP contribution in [0.3, 0.4) is 0 Å². The number of thiazole rings is 1. The average Bonchev–Trinajstić information content (AvgIpc) is 3.37. The molecule has 0 radical (unpaired) electrons. The lowest BCUT2D eigenvalue weighted by Crippen LogP contribution is -2.29. The van der Waals surface area contributed by atoms with Crippen LogP contribution in [0.5, 0.6) is 0 Å². The third kappa shape index (κ3) is 4.07. The van der Waals surface area contributed by atoms with E-state index in [2.05, 4.69) is 4.98 Å². The number of aliphatic hydroxyl groups is 1. The van der Waals surface area contributed by atoms with Crippen LogP contribution in [-0.2, 0) is 9.59 Å². The Hall–Kier alpha value is -3.68. The number of aromatic nitrogens is 1. The van der Waals surface area contributed by atoms with Crippen LogP contribution in [0.15, 0.2) is 72.3 Å². The minimum absolute atomic E-state index is 0.0359. The number of rotatable bonds is 4. The number of hydrogen-bond donors (Lipinski definition) is 1. The predicted molar refractivity (Wildman–Crippen MR) is 141 cm³/mol. The van der Waals surface area contributed by atoms with Gasteiger partial charge < -0.3 is 10.0 Å². The van der Waals surface area contributed by atoms with E-state index in [1.807, 2.05) is 62.3 Å². The summed E-state index contributed by atoms with van der Waals surface area (Å²) in [6.07, 6.45) is 0. The smallest absolute Gasteiger partial charge is 0.301 e. The second-order valence-corrected chi connectivity index (χ2v) is 10.1. The van der Waals surface area contributed by atoms with Gasteiger partial charge in [-0.1, -0.05) is 64.9 Å². The standard InChI is InChI=1S/C27H22ClN3O3S/c1-15-4-6-17(7-5-15)24(32)22-23(16-8-11-19(12-9-16)30(2)3)31(26(34)25(22)33)27-29-20-13-10-18(28)14-21(20)35-27/h4-14,23,32H,1-3H3. The number of ketones is 1. The van der Waals surface area contributed by atoms with E-state index in [1.54, 1.807) is 30.3 Å². The summed E-state index contributed by atoms with van der Waals surface area (Å²) >= 11 is 7.43. The molecular formula is C27H22ClN3O3S. The van der Waals surface area contributed by atoms with Crippen molar-refractivity contribution in [3.63, 3.8) is 0 Å². The highest BCUT2D eigenvalue weighted by Gasteiger charge is 2.48. The normalized spacial score (nSPS) is 17.4. The first kappa shape index (κ1) is 23.1. The monoisotopic (exact) mass is 503 g/mol. The van der Waals surface area contributed by atoms with Crippen LogP contribution in [0.25, 0.3) is 16.0 Å². The highest BCUT2D eigenvalue weighted by molar-refractivity contribution is 7.22. The number of halogens is 1. The van der Waals surface area contributed by atoms with Gasteiger partial charge in [0.1, 0.15) is 5.76 Å². The molecule has 1 N–H and O–H groups in total. The van der Waals surface area contributed by atoms with E-state index in [0.29, 0.717) is 26.8 Å². The van der Waals surface area contributed by atoms with E-state index in [-0.39, 0.29) is 11.3 Å². The van der Waals surface area contributed by atoms with Crippen molar-refractivity contribution in [1.29, 1.82) is 0 Å². The molecule has 3 aromatic carbocycles. The highest BCUT2D eigenvalue weighted by atomic mass is 35.5. The van der Waals surface area contributed by atoms with Gasteiger partial charge in [-0.05, 0) is 42.8 Å².